The summed E-state index contributed by atoms with van der Waals surface area (Å²) in [6.07, 6.45) is 3.97. The Labute approximate surface area is 95.4 Å². The van der Waals surface area contributed by atoms with Crippen LogP contribution in [0.3, 0.4) is 0 Å². The first-order valence-electron chi connectivity index (χ1n) is 4.90. The van der Waals surface area contributed by atoms with Crippen molar-refractivity contribution < 1.29 is 0 Å². The van der Waals surface area contributed by atoms with Gasteiger partial charge < -0.3 is 5.73 Å². The minimum atomic E-state index is 0.175. The van der Waals surface area contributed by atoms with E-state index in [2.05, 4.69) is 41.8 Å². The van der Waals surface area contributed by atoms with E-state index in [4.69, 9.17) is 5.73 Å². The highest BCUT2D eigenvalue weighted by molar-refractivity contribution is 7.80. The maximum Gasteiger partial charge on any atom is 0.184 e. The van der Waals surface area contributed by atoms with E-state index in [0.717, 1.165) is 18.4 Å². The summed E-state index contributed by atoms with van der Waals surface area (Å²) in [5, 5.41) is 4.05. The number of hydrogen-bond acceptors (Lipinski definition) is 2. The smallest absolute Gasteiger partial charge is 0.184 e. The molecule has 0 aliphatic rings. The van der Waals surface area contributed by atoms with Gasteiger partial charge in [-0.05, 0) is 29.8 Å². The number of aryl methyl sites for hydroxylation is 1. The van der Waals surface area contributed by atoms with Crippen molar-refractivity contribution in [3.63, 3.8) is 0 Å². The average molecular weight is 221 g/mol. The van der Waals surface area contributed by atoms with Crippen LogP contribution in [0.5, 0.6) is 0 Å². The molecule has 15 heavy (non-hydrogen) atoms. The van der Waals surface area contributed by atoms with Crippen molar-refractivity contribution in [1.82, 2.24) is 5.43 Å². The highest BCUT2D eigenvalue weighted by Gasteiger charge is 1.91. The van der Waals surface area contributed by atoms with Crippen LogP contribution in [0.4, 0.5) is 0 Å². The summed E-state index contributed by atoms with van der Waals surface area (Å²) in [7, 11) is 0. The number of benzene rings is 1. The fraction of sp³-hybridized carbons (Fsp3) is 0.273. The zero-order chi connectivity index (χ0) is 11.1. The van der Waals surface area contributed by atoms with Crippen molar-refractivity contribution in [1.29, 1.82) is 0 Å². The summed E-state index contributed by atoms with van der Waals surface area (Å²) in [6.45, 7) is 2.17. The van der Waals surface area contributed by atoms with Gasteiger partial charge in [0.25, 0.3) is 0 Å². The van der Waals surface area contributed by atoms with Crippen molar-refractivity contribution in [2.45, 2.75) is 19.8 Å². The SMILES string of the molecule is CCCc1ccc(C=NNC(N)=S)cc1. The van der Waals surface area contributed by atoms with Crippen molar-refractivity contribution in [2.75, 3.05) is 0 Å². The fourth-order valence-electron chi connectivity index (χ4n) is 1.23. The lowest BCUT2D eigenvalue weighted by molar-refractivity contribution is 0.922. The lowest BCUT2D eigenvalue weighted by Gasteiger charge is -1.99. The molecule has 3 nitrogen and oxygen atoms in total. The fourth-order valence-corrected chi connectivity index (χ4v) is 1.28. The van der Waals surface area contributed by atoms with Crippen LogP contribution in [0.25, 0.3) is 0 Å². The number of rotatable bonds is 4. The molecule has 0 bridgehead atoms. The van der Waals surface area contributed by atoms with Crippen molar-refractivity contribution >= 4 is 23.5 Å². The van der Waals surface area contributed by atoms with E-state index in [1.54, 1.807) is 6.21 Å². The van der Waals surface area contributed by atoms with Gasteiger partial charge in [-0.15, -0.1) is 0 Å². The molecule has 1 aromatic carbocycles. The van der Waals surface area contributed by atoms with Crippen LogP contribution >= 0.6 is 12.2 Å². The van der Waals surface area contributed by atoms with Gasteiger partial charge in [0.1, 0.15) is 0 Å². The Balaban J connectivity index is 2.56. The third-order valence-corrected chi connectivity index (χ3v) is 2.00. The van der Waals surface area contributed by atoms with Gasteiger partial charge in [0.05, 0.1) is 6.21 Å². The summed E-state index contributed by atoms with van der Waals surface area (Å²) >= 11 is 4.62. The van der Waals surface area contributed by atoms with Gasteiger partial charge in [-0.3, -0.25) is 5.43 Å². The van der Waals surface area contributed by atoms with Crippen LogP contribution < -0.4 is 11.2 Å². The van der Waals surface area contributed by atoms with Gasteiger partial charge in [-0.1, -0.05) is 37.6 Å². The molecule has 0 saturated heterocycles. The average Bonchev–Trinajstić information content (AvgIpc) is 2.20. The minimum absolute atomic E-state index is 0.175. The van der Waals surface area contributed by atoms with Crippen LogP contribution in [0, 0.1) is 0 Å². The second-order valence-electron chi connectivity index (χ2n) is 3.23. The Kier molecular flexibility index (Phi) is 4.77. The number of nitrogens with zero attached hydrogens (tertiary/aromatic N) is 1. The molecule has 0 unspecified atom stereocenters. The molecular weight excluding hydrogens is 206 g/mol. The maximum absolute atomic E-state index is 5.23. The molecule has 3 N–H and O–H groups in total. The Morgan fingerprint density at radius 2 is 2.13 bits per heavy atom. The van der Waals surface area contributed by atoms with Gasteiger partial charge in [-0.25, -0.2) is 0 Å². The second-order valence-corrected chi connectivity index (χ2v) is 3.67. The highest BCUT2D eigenvalue weighted by atomic mass is 32.1. The summed E-state index contributed by atoms with van der Waals surface area (Å²) in [4.78, 5) is 0. The molecule has 0 aliphatic carbocycles. The largest absolute Gasteiger partial charge is 0.375 e. The number of nitrogens with one attached hydrogen (secondary N) is 1. The zero-order valence-corrected chi connectivity index (χ0v) is 9.55. The molecule has 0 aliphatic heterocycles. The molecule has 1 aromatic rings. The molecule has 4 heteroatoms. The molecule has 0 spiro atoms. The van der Waals surface area contributed by atoms with E-state index < -0.39 is 0 Å². The van der Waals surface area contributed by atoms with Gasteiger partial charge in [-0.2, -0.15) is 5.10 Å². The predicted octanol–water partition coefficient (Wildman–Crippen LogP) is 1.81. The third-order valence-electron chi connectivity index (χ3n) is 1.91. The molecule has 80 valence electrons. The lowest BCUT2D eigenvalue weighted by atomic mass is 10.1. The summed E-state index contributed by atoms with van der Waals surface area (Å²) in [6, 6.07) is 8.25. The predicted molar refractivity (Wildman–Crippen MR) is 68.0 cm³/mol. The number of nitrogens with two attached hydrogens (primary N) is 1. The number of thiocarbonyl (C=S) groups is 1. The van der Waals surface area contributed by atoms with E-state index >= 15 is 0 Å². The monoisotopic (exact) mass is 221 g/mol. The van der Waals surface area contributed by atoms with Gasteiger partial charge in [0.15, 0.2) is 5.11 Å². The molecule has 0 fully saturated rings. The van der Waals surface area contributed by atoms with Crippen LogP contribution in [-0.2, 0) is 6.42 Å². The van der Waals surface area contributed by atoms with Crippen molar-refractivity contribution in [3.05, 3.63) is 35.4 Å². The van der Waals surface area contributed by atoms with Crippen LogP contribution in [-0.4, -0.2) is 11.3 Å². The lowest BCUT2D eigenvalue weighted by Crippen LogP contribution is -2.23. The number of hydrogen-bond donors (Lipinski definition) is 2. The van der Waals surface area contributed by atoms with Gasteiger partial charge in [0.2, 0.25) is 0 Å². The Bertz CT molecular complexity index is 343. The van der Waals surface area contributed by atoms with E-state index in [1.807, 2.05) is 12.1 Å². The highest BCUT2D eigenvalue weighted by Crippen LogP contribution is 2.04. The molecule has 0 amide bonds. The van der Waals surface area contributed by atoms with E-state index in [1.165, 1.54) is 5.56 Å². The Morgan fingerprint density at radius 1 is 1.47 bits per heavy atom. The van der Waals surface area contributed by atoms with E-state index in [9.17, 15) is 0 Å². The van der Waals surface area contributed by atoms with Gasteiger partial charge >= 0.3 is 0 Å². The third kappa shape index (κ3) is 4.56. The Hall–Kier alpha value is -1.42. The summed E-state index contributed by atoms with van der Waals surface area (Å²) < 4.78 is 0. The van der Waals surface area contributed by atoms with E-state index in [0.29, 0.717) is 0 Å². The summed E-state index contributed by atoms with van der Waals surface area (Å²) in [5.41, 5.74) is 10.1. The number of hydrazone groups is 1. The maximum atomic E-state index is 5.23. The van der Waals surface area contributed by atoms with Crippen LogP contribution in [0.2, 0.25) is 0 Å². The minimum Gasteiger partial charge on any atom is -0.375 e. The van der Waals surface area contributed by atoms with Crippen molar-refractivity contribution in [2.24, 2.45) is 10.8 Å². The first-order chi connectivity index (χ1) is 7.22. The quantitative estimate of drug-likeness (QED) is 0.463. The Morgan fingerprint density at radius 3 is 2.67 bits per heavy atom. The first kappa shape index (κ1) is 11.7. The molecular formula is C11H15N3S. The first-order valence-corrected chi connectivity index (χ1v) is 5.30. The molecule has 0 atom stereocenters. The normalized spacial score (nSPS) is 10.5. The molecule has 0 heterocycles. The molecule has 1 rings (SSSR count). The van der Waals surface area contributed by atoms with Crippen molar-refractivity contribution in [3.8, 4) is 0 Å². The topological polar surface area (TPSA) is 50.4 Å². The van der Waals surface area contributed by atoms with Gasteiger partial charge in [0, 0.05) is 0 Å². The summed E-state index contributed by atoms with van der Waals surface area (Å²) in [5.74, 6) is 0. The second kappa shape index (κ2) is 6.14. The standard InChI is InChI=1S/C11H15N3S/c1-2-3-9-4-6-10(7-5-9)8-13-14-11(12)15/h4-8H,2-3H2,1H3,(H3,12,14,15). The van der Waals surface area contributed by atoms with Crippen LogP contribution in [0.1, 0.15) is 24.5 Å². The molecule has 0 radical (unpaired) electrons. The molecule has 0 aromatic heterocycles. The molecule has 0 saturated carbocycles. The zero-order valence-electron chi connectivity index (χ0n) is 8.73. The van der Waals surface area contributed by atoms with Crippen LogP contribution in [0.15, 0.2) is 29.4 Å². The van der Waals surface area contributed by atoms with E-state index in [-0.39, 0.29) is 5.11 Å².